The van der Waals surface area contributed by atoms with Gasteiger partial charge in [0.05, 0.1) is 28.3 Å². The quantitative estimate of drug-likeness (QED) is 0.1000. The summed E-state index contributed by atoms with van der Waals surface area (Å²) >= 11 is 7.26. The molecule has 0 spiro atoms. The van der Waals surface area contributed by atoms with E-state index in [9.17, 15) is 19.8 Å². The molecular weight excluding hydrogens is 591 g/mol. The molecular formula is C28H30BClN8O4S. The number of fused-ring (bicyclic) bond motifs is 2. The van der Waals surface area contributed by atoms with E-state index >= 15 is 0 Å². The molecule has 222 valence electrons. The average Bonchev–Trinajstić information content (AvgIpc) is 3.29. The number of halogens is 1. The first kappa shape index (κ1) is 29.5. The molecule has 12 nitrogen and oxygen atoms in total. The molecule has 3 aromatic heterocycles. The van der Waals surface area contributed by atoms with Gasteiger partial charge in [-0.25, -0.2) is 14.6 Å². The second-order valence-electron chi connectivity index (χ2n) is 11.2. The van der Waals surface area contributed by atoms with Crippen LogP contribution in [0.3, 0.4) is 0 Å². The highest BCUT2D eigenvalue weighted by Gasteiger charge is 2.58. The number of hydrogen-bond acceptors (Lipinski definition) is 10. The number of nitrogens with zero attached hydrogens (tertiary/aromatic N) is 6. The van der Waals surface area contributed by atoms with Gasteiger partial charge in [-0.15, -0.1) is 0 Å². The molecule has 1 saturated heterocycles. The topological polar surface area (TPSA) is 150 Å². The average molecular weight is 621 g/mol. The number of aromatic nitrogens is 5. The number of piperidine rings is 1. The molecule has 6 rings (SSSR count). The maximum Gasteiger partial charge on any atom is 0.281 e. The van der Waals surface area contributed by atoms with Crippen LogP contribution in [0.5, 0.6) is 0 Å². The number of aliphatic hydroxyl groups is 2. The molecule has 1 aliphatic carbocycles. The first-order valence-electron chi connectivity index (χ1n) is 13.7. The van der Waals surface area contributed by atoms with Gasteiger partial charge in [0.1, 0.15) is 5.15 Å². The predicted octanol–water partition coefficient (Wildman–Crippen LogP) is 2.24. The van der Waals surface area contributed by atoms with Gasteiger partial charge in [0, 0.05) is 44.1 Å². The normalized spacial score (nSPS) is 20.3. The fraction of sp³-hybridized carbons (Fsp3) is 0.393. The van der Waals surface area contributed by atoms with E-state index in [1.165, 1.54) is 18.1 Å². The predicted molar refractivity (Wildman–Crippen MR) is 166 cm³/mol. The lowest BCUT2D eigenvalue weighted by atomic mass is 10.0. The molecule has 3 atom stereocenters. The molecule has 43 heavy (non-hydrogen) atoms. The van der Waals surface area contributed by atoms with Crippen LogP contribution in [0.15, 0.2) is 41.3 Å². The number of carbonyl (C=O) groups excluding carboxylic acids is 1. The molecule has 3 unspecified atom stereocenters. The minimum atomic E-state index is -2.55. The summed E-state index contributed by atoms with van der Waals surface area (Å²) in [5.74, 6) is -1.59. The van der Waals surface area contributed by atoms with E-state index in [1.807, 2.05) is 26.0 Å². The van der Waals surface area contributed by atoms with Gasteiger partial charge >= 0.3 is 0 Å². The molecule has 1 amide bonds. The van der Waals surface area contributed by atoms with Crippen LogP contribution in [0.2, 0.25) is 5.15 Å². The summed E-state index contributed by atoms with van der Waals surface area (Å²) in [7, 11) is 7.07. The van der Waals surface area contributed by atoms with Gasteiger partial charge in [-0.2, -0.15) is 5.10 Å². The second-order valence-corrected chi connectivity index (χ2v) is 12.2. The lowest BCUT2D eigenvalue weighted by Gasteiger charge is -2.25. The number of aryl methyl sites for hydroxylation is 1. The summed E-state index contributed by atoms with van der Waals surface area (Å²) in [6.07, 6.45) is 3.20. The molecule has 2 radical (unpaired) electrons. The molecule has 4 N–H and O–H groups in total. The Morgan fingerprint density at radius 2 is 1.93 bits per heavy atom. The summed E-state index contributed by atoms with van der Waals surface area (Å²) in [5.41, 5.74) is 3.59. The number of rotatable bonds is 8. The van der Waals surface area contributed by atoms with Crippen LogP contribution in [0.4, 0.5) is 11.6 Å². The lowest BCUT2D eigenvalue weighted by molar-refractivity contribution is -0.160. The van der Waals surface area contributed by atoms with E-state index in [0.717, 1.165) is 21.5 Å². The number of carbonyl (C=O) groups is 1. The summed E-state index contributed by atoms with van der Waals surface area (Å²) in [6.45, 7) is 5.24. The first-order chi connectivity index (χ1) is 20.4. The van der Waals surface area contributed by atoms with Gasteiger partial charge < -0.3 is 20.4 Å². The minimum absolute atomic E-state index is 0.147. The van der Waals surface area contributed by atoms with Crippen molar-refractivity contribution in [3.63, 3.8) is 0 Å². The number of nitrogens with one attached hydrogen (secondary N) is 2. The van der Waals surface area contributed by atoms with Crippen LogP contribution in [-0.4, -0.2) is 67.6 Å². The van der Waals surface area contributed by atoms with Crippen molar-refractivity contribution in [1.29, 1.82) is 0 Å². The maximum absolute atomic E-state index is 13.6. The van der Waals surface area contributed by atoms with Gasteiger partial charge in [-0.05, 0) is 55.5 Å². The van der Waals surface area contributed by atoms with Gasteiger partial charge in [-0.1, -0.05) is 29.6 Å². The number of amides is 1. The van der Waals surface area contributed by atoms with Crippen molar-refractivity contribution in [2.24, 2.45) is 18.9 Å². The van der Waals surface area contributed by atoms with Crippen LogP contribution in [0.25, 0.3) is 10.9 Å². The number of benzene rings is 1. The Kier molecular flexibility index (Phi) is 7.44. The summed E-state index contributed by atoms with van der Waals surface area (Å²) in [6, 6.07) is 8.58. The largest absolute Gasteiger partial charge is 0.377 e. The summed E-state index contributed by atoms with van der Waals surface area (Å²) in [4.78, 5) is 37.7. The Bertz CT molecular complexity index is 1800. The zero-order chi connectivity index (χ0) is 30.8. The summed E-state index contributed by atoms with van der Waals surface area (Å²) < 4.78 is 5.20. The van der Waals surface area contributed by atoms with E-state index in [4.69, 9.17) is 24.4 Å². The van der Waals surface area contributed by atoms with Crippen LogP contribution in [-0.2, 0) is 12.9 Å². The number of pyridine rings is 1. The van der Waals surface area contributed by atoms with Gasteiger partial charge in [0.2, 0.25) is 11.8 Å². The van der Waals surface area contributed by atoms with Crippen LogP contribution in [0.1, 0.15) is 46.2 Å². The molecule has 1 aromatic carbocycles. The summed E-state index contributed by atoms with van der Waals surface area (Å²) in [5, 5.41) is 27.6. The fourth-order valence-corrected chi connectivity index (χ4v) is 6.59. The Morgan fingerprint density at radius 3 is 2.58 bits per heavy atom. The van der Waals surface area contributed by atoms with E-state index in [2.05, 4.69) is 25.0 Å². The van der Waals surface area contributed by atoms with Crippen molar-refractivity contribution in [2.75, 3.05) is 29.6 Å². The van der Waals surface area contributed by atoms with E-state index in [-0.39, 0.29) is 34.3 Å². The maximum atomic E-state index is 13.6. The van der Waals surface area contributed by atoms with Gasteiger partial charge in [-0.3, -0.25) is 18.9 Å². The van der Waals surface area contributed by atoms with Gasteiger partial charge in [0.15, 0.2) is 13.5 Å². The van der Waals surface area contributed by atoms with E-state index in [1.54, 1.807) is 36.1 Å². The van der Waals surface area contributed by atoms with Crippen LogP contribution < -0.4 is 20.5 Å². The zero-order valence-electron chi connectivity index (χ0n) is 23.9. The zero-order valence-corrected chi connectivity index (χ0v) is 25.5. The molecule has 4 aromatic rings. The Hall–Kier alpha value is -3.59. The third-order valence-electron chi connectivity index (χ3n) is 8.21. The van der Waals surface area contributed by atoms with Crippen molar-refractivity contribution < 1.29 is 15.0 Å². The Labute approximate surface area is 258 Å². The van der Waals surface area contributed by atoms with Crippen molar-refractivity contribution in [3.8, 4) is 0 Å². The third kappa shape index (κ3) is 5.37. The van der Waals surface area contributed by atoms with E-state index < -0.39 is 5.81 Å². The molecule has 2 aliphatic rings. The molecule has 1 saturated carbocycles. The number of anilines is 2. The first-order valence-corrected chi connectivity index (χ1v) is 15.3. The number of hydrogen-bond donors (Lipinski definition) is 4. The van der Waals surface area contributed by atoms with Crippen LogP contribution >= 0.6 is 23.5 Å². The Morgan fingerprint density at radius 1 is 1.21 bits per heavy atom. The highest BCUT2D eigenvalue weighted by atomic mass is 35.5. The minimum Gasteiger partial charge on any atom is -0.377 e. The molecule has 4 heterocycles. The smallest absolute Gasteiger partial charge is 0.281 e. The standard InChI is InChI=1S/C28H30BClN8O4S/c1-13-9-15(14(2)31-20-5-6-21(30)32-24(20)25(39)35-43-4)23-16(10-13)26(40)36(3)27(33-23)37-11-17-18(12-37)22(17)19-7-8-38(34-19)28(29,41)42/h5-10,14,17-18,22,31,41-42H,11-12H2,1-4H3,(H,35,39). The second kappa shape index (κ2) is 10.8. The van der Waals surface area contributed by atoms with Crippen molar-refractivity contribution in [3.05, 3.63) is 74.6 Å². The molecule has 15 heteroatoms. The highest BCUT2D eigenvalue weighted by Crippen LogP contribution is 2.58. The van der Waals surface area contributed by atoms with E-state index in [0.29, 0.717) is 47.5 Å². The monoisotopic (exact) mass is 620 g/mol. The third-order valence-corrected chi connectivity index (χ3v) is 8.81. The molecule has 0 bridgehead atoms. The molecule has 1 aliphatic heterocycles. The Balaban J connectivity index is 1.30. The van der Waals surface area contributed by atoms with Crippen molar-refractivity contribution in [1.82, 2.24) is 29.0 Å². The van der Waals surface area contributed by atoms with Crippen LogP contribution in [0, 0.1) is 18.8 Å². The highest BCUT2D eigenvalue weighted by molar-refractivity contribution is 7.97. The van der Waals surface area contributed by atoms with Crippen molar-refractivity contribution in [2.45, 2.75) is 31.6 Å². The fourth-order valence-electron chi connectivity index (χ4n) is 6.16. The lowest BCUT2D eigenvalue weighted by Crippen LogP contribution is -2.34. The SMILES string of the molecule is [B]C(O)(O)n1ccc(C2C3CN(c4nc5c(C(C)Nc6ccc(Cl)nc6C(=O)NSC)cc(C)cc5c(=O)n4C)CC32)n1. The molecule has 2 fully saturated rings. The van der Waals surface area contributed by atoms with Crippen molar-refractivity contribution >= 4 is 59.8 Å². The van der Waals surface area contributed by atoms with Gasteiger partial charge in [0.25, 0.3) is 11.5 Å².